The van der Waals surface area contributed by atoms with E-state index in [0.29, 0.717) is 0 Å². The number of carbonyl (C=O) groups excluding carboxylic acids is 1. The first-order valence-corrected chi connectivity index (χ1v) is 7.59. The van der Waals surface area contributed by atoms with Gasteiger partial charge in [0.25, 0.3) is 0 Å². The van der Waals surface area contributed by atoms with Gasteiger partial charge in [-0.3, -0.25) is 9.78 Å². The summed E-state index contributed by atoms with van der Waals surface area (Å²) in [4.78, 5) is 16.5. The van der Waals surface area contributed by atoms with Crippen LogP contribution in [0.5, 0.6) is 0 Å². The third-order valence-electron chi connectivity index (χ3n) is 4.54. The summed E-state index contributed by atoms with van der Waals surface area (Å²) in [5, 5.41) is 0. The Balaban J connectivity index is 2.27. The van der Waals surface area contributed by atoms with Gasteiger partial charge < -0.3 is 0 Å². The van der Waals surface area contributed by atoms with Gasteiger partial charge in [-0.25, -0.2) is 0 Å². The summed E-state index contributed by atoms with van der Waals surface area (Å²) < 4.78 is 0. The zero-order chi connectivity index (χ0) is 15.1. The van der Waals surface area contributed by atoms with E-state index in [4.69, 9.17) is 4.98 Å². The number of hydrogen-bond acceptors (Lipinski definition) is 2. The lowest BCUT2D eigenvalue weighted by atomic mass is 9.95. The molecular weight excluding hydrogens is 258 g/mol. The van der Waals surface area contributed by atoms with Crippen LogP contribution in [0, 0.1) is 20.8 Å². The molecule has 1 aromatic carbocycles. The Morgan fingerprint density at radius 3 is 2.38 bits per heavy atom. The molecule has 0 radical (unpaired) electrons. The van der Waals surface area contributed by atoms with Crippen molar-refractivity contribution < 1.29 is 4.79 Å². The second kappa shape index (κ2) is 5.10. The minimum atomic E-state index is 0.104. The second-order valence-electron chi connectivity index (χ2n) is 6.13. The number of rotatable bonds is 1. The van der Waals surface area contributed by atoms with Crippen LogP contribution in [0.3, 0.4) is 0 Å². The largest absolute Gasteiger partial charge is 0.294 e. The smallest absolute Gasteiger partial charge is 0.161 e. The van der Waals surface area contributed by atoms with Crippen LogP contribution in [0.15, 0.2) is 18.2 Å². The van der Waals surface area contributed by atoms with Gasteiger partial charge in [-0.05, 0) is 81.3 Å². The van der Waals surface area contributed by atoms with E-state index >= 15 is 0 Å². The molecule has 0 bridgehead atoms. The van der Waals surface area contributed by atoms with Crippen LogP contribution < -0.4 is 0 Å². The average Bonchev–Trinajstić information content (AvgIpc) is 2.58. The lowest BCUT2D eigenvalue weighted by Crippen LogP contribution is -2.04. The van der Waals surface area contributed by atoms with E-state index in [1.165, 1.54) is 27.8 Å². The lowest BCUT2D eigenvalue weighted by molar-refractivity contribution is 0.101. The molecule has 0 fully saturated rings. The summed E-state index contributed by atoms with van der Waals surface area (Å²) in [5.41, 5.74) is 9.18. The Labute approximate surface area is 126 Å². The van der Waals surface area contributed by atoms with Gasteiger partial charge in [0.2, 0.25) is 0 Å². The summed E-state index contributed by atoms with van der Waals surface area (Å²) in [6, 6.07) is 6.62. The summed E-state index contributed by atoms with van der Waals surface area (Å²) in [6.07, 6.45) is 3.20. The zero-order valence-electron chi connectivity index (χ0n) is 13.2. The minimum absolute atomic E-state index is 0.104. The van der Waals surface area contributed by atoms with Crippen molar-refractivity contribution in [3.8, 4) is 11.3 Å². The fourth-order valence-corrected chi connectivity index (χ4v) is 3.20. The Bertz CT molecular complexity index is 744. The third kappa shape index (κ3) is 2.39. The van der Waals surface area contributed by atoms with Gasteiger partial charge in [0.15, 0.2) is 5.78 Å². The topological polar surface area (TPSA) is 30.0 Å². The number of benzene rings is 1. The number of aromatic nitrogens is 1. The maximum Gasteiger partial charge on any atom is 0.161 e. The molecule has 0 saturated heterocycles. The highest BCUT2D eigenvalue weighted by Gasteiger charge is 2.19. The summed E-state index contributed by atoms with van der Waals surface area (Å²) >= 11 is 0. The number of carbonyl (C=O) groups is 1. The van der Waals surface area contributed by atoms with E-state index in [-0.39, 0.29) is 5.78 Å². The molecule has 0 spiro atoms. The van der Waals surface area contributed by atoms with Gasteiger partial charge in [0.1, 0.15) is 0 Å². The third-order valence-corrected chi connectivity index (χ3v) is 4.54. The van der Waals surface area contributed by atoms with Gasteiger partial charge in [-0.15, -0.1) is 0 Å². The van der Waals surface area contributed by atoms with E-state index < -0.39 is 0 Å². The van der Waals surface area contributed by atoms with Crippen LogP contribution >= 0.6 is 0 Å². The Morgan fingerprint density at radius 2 is 1.67 bits per heavy atom. The van der Waals surface area contributed by atoms with Crippen LogP contribution in [0.1, 0.15) is 51.7 Å². The highest BCUT2D eigenvalue weighted by atomic mass is 16.1. The molecule has 0 unspecified atom stereocenters. The van der Waals surface area contributed by atoms with Crippen LogP contribution in [0.2, 0.25) is 0 Å². The lowest BCUT2D eigenvalue weighted by Gasteiger charge is -2.13. The highest BCUT2D eigenvalue weighted by Crippen LogP contribution is 2.34. The molecule has 21 heavy (non-hydrogen) atoms. The van der Waals surface area contributed by atoms with Crippen molar-refractivity contribution in [3.63, 3.8) is 0 Å². The molecule has 0 N–H and O–H groups in total. The SMILES string of the molecule is CC(=O)c1cc2c(nc1C)-c1cc(C)c(C)cc1CCC2. The summed E-state index contributed by atoms with van der Waals surface area (Å²) in [6.45, 7) is 7.87. The monoisotopic (exact) mass is 279 g/mol. The fraction of sp³-hybridized carbons (Fsp3) is 0.368. The predicted molar refractivity (Wildman–Crippen MR) is 85.9 cm³/mol. The van der Waals surface area contributed by atoms with E-state index in [2.05, 4.69) is 32.0 Å². The normalized spacial score (nSPS) is 13.3. The summed E-state index contributed by atoms with van der Waals surface area (Å²) in [7, 11) is 0. The van der Waals surface area contributed by atoms with Gasteiger partial charge in [-0.1, -0.05) is 6.07 Å². The standard InChI is InChI=1S/C19H21NO/c1-11-8-15-6-5-7-16-10-17(14(4)21)13(3)20-19(16)18(15)9-12(11)2/h8-10H,5-7H2,1-4H3. The maximum atomic E-state index is 11.7. The molecule has 1 heterocycles. The van der Waals surface area contributed by atoms with Gasteiger partial charge in [0.05, 0.1) is 5.69 Å². The molecule has 1 aliphatic rings. The quantitative estimate of drug-likeness (QED) is 0.726. The molecule has 0 saturated carbocycles. The van der Waals surface area contributed by atoms with E-state index in [1.807, 2.05) is 6.92 Å². The second-order valence-corrected chi connectivity index (χ2v) is 6.13. The van der Waals surface area contributed by atoms with Crippen molar-refractivity contribution in [3.05, 3.63) is 51.7 Å². The molecule has 108 valence electrons. The maximum absolute atomic E-state index is 11.7. The van der Waals surface area contributed by atoms with Crippen LogP contribution in [0.4, 0.5) is 0 Å². The van der Waals surface area contributed by atoms with Crippen molar-refractivity contribution in [1.82, 2.24) is 4.98 Å². The Morgan fingerprint density at radius 1 is 1.00 bits per heavy atom. The van der Waals surface area contributed by atoms with E-state index in [9.17, 15) is 4.79 Å². The number of aryl methyl sites for hydroxylation is 5. The van der Waals surface area contributed by atoms with Crippen LogP contribution in [-0.2, 0) is 12.8 Å². The Kier molecular flexibility index (Phi) is 3.40. The average molecular weight is 279 g/mol. The number of pyridine rings is 1. The van der Waals surface area contributed by atoms with Crippen molar-refractivity contribution in [1.29, 1.82) is 0 Å². The minimum Gasteiger partial charge on any atom is -0.294 e. The van der Waals surface area contributed by atoms with Crippen LogP contribution in [0.25, 0.3) is 11.3 Å². The van der Waals surface area contributed by atoms with Gasteiger partial charge in [0, 0.05) is 16.8 Å². The summed E-state index contributed by atoms with van der Waals surface area (Å²) in [5.74, 6) is 0.104. The first kappa shape index (κ1) is 14.0. The molecule has 0 amide bonds. The van der Waals surface area contributed by atoms with Gasteiger partial charge >= 0.3 is 0 Å². The first-order valence-electron chi connectivity index (χ1n) is 7.59. The first-order chi connectivity index (χ1) is 9.97. The number of nitrogens with zero attached hydrogens (tertiary/aromatic N) is 1. The molecule has 0 aliphatic heterocycles. The fourth-order valence-electron chi connectivity index (χ4n) is 3.20. The van der Waals surface area contributed by atoms with E-state index in [0.717, 1.165) is 36.2 Å². The number of hydrogen-bond donors (Lipinski definition) is 0. The molecular formula is C19H21NO. The number of Topliss-reactive ketones (excluding diaryl/α,β-unsaturated/α-hetero) is 1. The molecule has 1 aliphatic carbocycles. The zero-order valence-corrected chi connectivity index (χ0v) is 13.2. The predicted octanol–water partition coefficient (Wildman–Crippen LogP) is 4.37. The molecule has 0 atom stereocenters. The number of ketones is 1. The van der Waals surface area contributed by atoms with E-state index in [1.54, 1.807) is 6.92 Å². The Hall–Kier alpha value is -1.96. The molecule has 2 nitrogen and oxygen atoms in total. The molecule has 2 heteroatoms. The molecule has 3 rings (SSSR count). The van der Waals surface area contributed by atoms with Gasteiger partial charge in [-0.2, -0.15) is 0 Å². The van der Waals surface area contributed by atoms with Crippen molar-refractivity contribution in [2.75, 3.05) is 0 Å². The highest BCUT2D eigenvalue weighted by molar-refractivity contribution is 5.95. The molecule has 2 aromatic rings. The van der Waals surface area contributed by atoms with Crippen molar-refractivity contribution in [2.45, 2.75) is 47.0 Å². The number of fused-ring (bicyclic) bond motifs is 3. The van der Waals surface area contributed by atoms with Crippen molar-refractivity contribution in [2.24, 2.45) is 0 Å². The molecule has 1 aromatic heterocycles. The van der Waals surface area contributed by atoms with Crippen LogP contribution in [-0.4, -0.2) is 10.8 Å². The van der Waals surface area contributed by atoms with Crippen molar-refractivity contribution >= 4 is 5.78 Å².